The van der Waals surface area contributed by atoms with Gasteiger partial charge in [0.25, 0.3) is 0 Å². The summed E-state index contributed by atoms with van der Waals surface area (Å²) >= 11 is 0. The molecule has 1 aliphatic carbocycles. The smallest absolute Gasteiger partial charge is 0.235 e. The van der Waals surface area contributed by atoms with Gasteiger partial charge in [0.15, 0.2) is 11.6 Å². The van der Waals surface area contributed by atoms with Gasteiger partial charge in [0, 0.05) is 12.1 Å². The Hall–Kier alpha value is -1.71. The van der Waals surface area contributed by atoms with Crippen LogP contribution in [0.2, 0.25) is 0 Å². The van der Waals surface area contributed by atoms with Crippen LogP contribution in [0, 0.1) is 5.82 Å². The lowest BCUT2D eigenvalue weighted by molar-refractivity contribution is 0.376. The van der Waals surface area contributed by atoms with Crippen LogP contribution >= 0.6 is 0 Å². The van der Waals surface area contributed by atoms with E-state index in [4.69, 9.17) is 0 Å². The molecule has 1 aromatic rings. The van der Waals surface area contributed by atoms with Crippen molar-refractivity contribution in [3.63, 3.8) is 0 Å². The second-order valence-corrected chi connectivity index (χ2v) is 5.65. The van der Waals surface area contributed by atoms with Gasteiger partial charge in [-0.1, -0.05) is 12.8 Å². The minimum Gasteiger partial charge on any atom is -0.505 e. The third kappa shape index (κ3) is 2.74. The van der Waals surface area contributed by atoms with Crippen molar-refractivity contribution >= 4 is 6.08 Å². The molecule has 108 valence electrons. The van der Waals surface area contributed by atoms with Crippen molar-refractivity contribution in [2.75, 3.05) is 14.1 Å². The van der Waals surface area contributed by atoms with Gasteiger partial charge in [0.1, 0.15) is 5.54 Å². The molecule has 0 spiro atoms. The standard InChI is InChI=1S/C15H19FN2O2/c1-18(2)9-11-7-12(14(20)13(16)8-11)15(17-10-19)5-3-4-6-15/h7-8,20H,3-6,9H2,1-2H3. The molecule has 1 aromatic carbocycles. The maximum absolute atomic E-state index is 13.9. The van der Waals surface area contributed by atoms with E-state index in [9.17, 15) is 14.3 Å². The molecule has 1 N–H and O–H groups in total. The Balaban J connectivity index is 2.53. The van der Waals surface area contributed by atoms with Crippen LogP contribution in [0.25, 0.3) is 0 Å². The molecular formula is C15H19FN2O2. The summed E-state index contributed by atoms with van der Waals surface area (Å²) in [6.45, 7) is 0.561. The first-order chi connectivity index (χ1) is 9.48. The Labute approximate surface area is 117 Å². The summed E-state index contributed by atoms with van der Waals surface area (Å²) in [7, 11) is 3.78. The molecule has 0 atom stereocenters. The van der Waals surface area contributed by atoms with Crippen molar-refractivity contribution in [2.45, 2.75) is 37.8 Å². The first kappa shape index (κ1) is 14.7. The van der Waals surface area contributed by atoms with Crippen molar-refractivity contribution < 1.29 is 14.3 Å². The van der Waals surface area contributed by atoms with Gasteiger partial charge in [0.05, 0.1) is 0 Å². The van der Waals surface area contributed by atoms with Crippen molar-refractivity contribution in [1.29, 1.82) is 0 Å². The fourth-order valence-corrected chi connectivity index (χ4v) is 2.95. The second-order valence-electron chi connectivity index (χ2n) is 5.65. The van der Waals surface area contributed by atoms with Crippen LogP contribution in [0.3, 0.4) is 0 Å². The summed E-state index contributed by atoms with van der Waals surface area (Å²) in [5, 5.41) is 10.0. The highest BCUT2D eigenvalue weighted by atomic mass is 19.1. The predicted molar refractivity (Wildman–Crippen MR) is 73.7 cm³/mol. The van der Waals surface area contributed by atoms with Crippen molar-refractivity contribution in [3.05, 3.63) is 29.1 Å². The van der Waals surface area contributed by atoms with Crippen LogP contribution in [0.1, 0.15) is 36.8 Å². The predicted octanol–water partition coefficient (Wildman–Crippen LogP) is 2.70. The third-order valence-corrected chi connectivity index (χ3v) is 3.81. The monoisotopic (exact) mass is 278 g/mol. The van der Waals surface area contributed by atoms with Gasteiger partial charge in [-0.15, -0.1) is 0 Å². The number of aliphatic imine (C=N–C) groups is 1. The van der Waals surface area contributed by atoms with E-state index in [1.165, 1.54) is 6.07 Å². The van der Waals surface area contributed by atoms with Gasteiger partial charge in [-0.2, -0.15) is 4.99 Å². The highest BCUT2D eigenvalue weighted by molar-refractivity contribution is 5.46. The zero-order chi connectivity index (χ0) is 14.8. The Morgan fingerprint density at radius 3 is 2.60 bits per heavy atom. The first-order valence-electron chi connectivity index (χ1n) is 6.74. The summed E-state index contributed by atoms with van der Waals surface area (Å²) in [6.07, 6.45) is 4.68. The van der Waals surface area contributed by atoms with Crippen molar-refractivity contribution in [3.8, 4) is 5.75 Å². The molecule has 0 saturated heterocycles. The van der Waals surface area contributed by atoms with Gasteiger partial charge in [-0.05, 0) is 44.6 Å². The van der Waals surface area contributed by atoms with Gasteiger partial charge < -0.3 is 10.0 Å². The van der Waals surface area contributed by atoms with E-state index >= 15 is 0 Å². The molecule has 1 aliphatic rings. The molecule has 20 heavy (non-hydrogen) atoms. The molecule has 0 unspecified atom stereocenters. The molecule has 0 bridgehead atoms. The summed E-state index contributed by atoms with van der Waals surface area (Å²) < 4.78 is 13.9. The molecule has 0 aliphatic heterocycles. The fourth-order valence-electron chi connectivity index (χ4n) is 2.95. The molecule has 4 nitrogen and oxygen atoms in total. The summed E-state index contributed by atoms with van der Waals surface area (Å²) in [4.78, 5) is 16.5. The Morgan fingerprint density at radius 2 is 2.05 bits per heavy atom. The minimum atomic E-state index is -0.811. The van der Waals surface area contributed by atoms with Crippen molar-refractivity contribution in [1.82, 2.24) is 4.90 Å². The topological polar surface area (TPSA) is 52.9 Å². The van der Waals surface area contributed by atoms with Crippen LogP contribution < -0.4 is 0 Å². The number of benzene rings is 1. The molecule has 0 amide bonds. The van der Waals surface area contributed by atoms with Crippen LogP contribution in [-0.2, 0) is 16.9 Å². The molecule has 1 saturated carbocycles. The van der Waals surface area contributed by atoms with Gasteiger partial charge in [0.2, 0.25) is 6.08 Å². The number of hydrogen-bond donors (Lipinski definition) is 1. The number of nitrogens with zero attached hydrogens (tertiary/aromatic N) is 2. The lowest BCUT2D eigenvalue weighted by Crippen LogP contribution is -2.20. The Bertz CT molecular complexity index is 545. The van der Waals surface area contributed by atoms with E-state index in [0.29, 0.717) is 24.9 Å². The van der Waals surface area contributed by atoms with E-state index in [0.717, 1.165) is 18.4 Å². The highest BCUT2D eigenvalue weighted by Crippen LogP contribution is 2.46. The Morgan fingerprint density at radius 1 is 1.40 bits per heavy atom. The van der Waals surface area contributed by atoms with Gasteiger partial charge in [-0.25, -0.2) is 9.18 Å². The number of aromatic hydroxyl groups is 1. The minimum absolute atomic E-state index is 0.395. The molecule has 1 fully saturated rings. The maximum Gasteiger partial charge on any atom is 0.235 e. The summed E-state index contributed by atoms with van der Waals surface area (Å²) in [5.41, 5.74) is 0.359. The number of halogens is 1. The highest BCUT2D eigenvalue weighted by Gasteiger charge is 2.38. The number of phenolic OH excluding ortho intramolecular Hbond substituents is 1. The molecule has 5 heteroatoms. The molecule has 0 heterocycles. The molecule has 2 rings (SSSR count). The SMILES string of the molecule is CN(C)Cc1cc(F)c(O)c(C2(N=C=O)CCCC2)c1. The average molecular weight is 278 g/mol. The molecule has 0 aromatic heterocycles. The second kappa shape index (κ2) is 5.73. The number of hydrogen-bond acceptors (Lipinski definition) is 4. The number of isocyanates is 1. The van der Waals surface area contributed by atoms with Crippen molar-refractivity contribution in [2.24, 2.45) is 4.99 Å². The number of rotatable bonds is 4. The van der Waals surface area contributed by atoms with E-state index in [2.05, 4.69) is 4.99 Å². The largest absolute Gasteiger partial charge is 0.505 e. The van der Waals surface area contributed by atoms with Crippen LogP contribution in [-0.4, -0.2) is 30.2 Å². The van der Waals surface area contributed by atoms with Crippen LogP contribution in [0.15, 0.2) is 17.1 Å². The summed E-state index contributed by atoms with van der Waals surface area (Å²) in [6, 6.07) is 3.08. The fraction of sp³-hybridized carbons (Fsp3) is 0.533. The first-order valence-corrected chi connectivity index (χ1v) is 6.74. The van der Waals surface area contributed by atoms with Crippen LogP contribution in [0.4, 0.5) is 4.39 Å². The lowest BCUT2D eigenvalue weighted by atomic mass is 9.87. The molecule has 0 radical (unpaired) electrons. The number of phenols is 1. The molecular weight excluding hydrogens is 259 g/mol. The average Bonchev–Trinajstić information content (AvgIpc) is 2.83. The lowest BCUT2D eigenvalue weighted by Gasteiger charge is -2.25. The summed E-state index contributed by atoms with van der Waals surface area (Å²) in [5.74, 6) is -1.06. The Kier molecular flexibility index (Phi) is 4.21. The quantitative estimate of drug-likeness (QED) is 0.680. The normalized spacial score (nSPS) is 17.2. The maximum atomic E-state index is 13.9. The van der Waals surface area contributed by atoms with E-state index < -0.39 is 17.1 Å². The van der Waals surface area contributed by atoms with Crippen LogP contribution in [0.5, 0.6) is 5.75 Å². The van der Waals surface area contributed by atoms with Gasteiger partial charge in [-0.3, -0.25) is 0 Å². The van der Waals surface area contributed by atoms with E-state index in [1.807, 2.05) is 19.0 Å². The van der Waals surface area contributed by atoms with Gasteiger partial charge >= 0.3 is 0 Å². The van der Waals surface area contributed by atoms with E-state index in [-0.39, 0.29) is 0 Å². The van der Waals surface area contributed by atoms with E-state index in [1.54, 1.807) is 12.1 Å². The zero-order valence-corrected chi connectivity index (χ0v) is 11.8. The third-order valence-electron chi connectivity index (χ3n) is 3.81. The zero-order valence-electron chi connectivity index (χ0n) is 11.8. The number of carbonyl (C=O) groups excluding carboxylic acids is 1.